The smallest absolute Gasteiger partial charge is 0.235 e. The van der Waals surface area contributed by atoms with Gasteiger partial charge >= 0.3 is 0 Å². The molecule has 1 heterocycles. The minimum absolute atomic E-state index is 0.0448. The molecule has 1 unspecified atom stereocenters. The monoisotopic (exact) mass is 574 g/mol. The molecule has 0 radical (unpaired) electrons. The number of nitrogens with zero attached hydrogens (tertiary/aromatic N) is 3. The van der Waals surface area contributed by atoms with Crippen molar-refractivity contribution in [2.24, 2.45) is 5.92 Å². The van der Waals surface area contributed by atoms with Crippen molar-refractivity contribution in [2.45, 2.75) is 64.3 Å². The maximum atomic E-state index is 11.6. The molecule has 0 saturated carbocycles. The van der Waals surface area contributed by atoms with Crippen molar-refractivity contribution in [2.75, 3.05) is 35.2 Å². The van der Waals surface area contributed by atoms with E-state index in [0.717, 1.165) is 60.2 Å². The Hall–Kier alpha value is -2.03. The number of halogens is 1. The van der Waals surface area contributed by atoms with Gasteiger partial charge in [0.15, 0.2) is 0 Å². The molecule has 6 nitrogen and oxygen atoms in total. The maximum absolute atomic E-state index is 11.6. The Kier molecular flexibility index (Phi) is 10.3. The minimum atomic E-state index is -0.0604. The van der Waals surface area contributed by atoms with Crippen LogP contribution in [0.2, 0.25) is 0 Å². The predicted octanol–water partition coefficient (Wildman–Crippen LogP) is 7.26. The van der Waals surface area contributed by atoms with E-state index in [1.54, 1.807) is 11.9 Å². The van der Waals surface area contributed by atoms with Gasteiger partial charge in [-0.25, -0.2) is 4.98 Å². The van der Waals surface area contributed by atoms with Gasteiger partial charge in [-0.1, -0.05) is 43.6 Å². The summed E-state index contributed by atoms with van der Waals surface area (Å²) < 4.78 is 10.1. The molecule has 0 aliphatic rings. The van der Waals surface area contributed by atoms with E-state index < -0.39 is 0 Å². The Balaban J connectivity index is 1.77. The number of imidazole rings is 1. The van der Waals surface area contributed by atoms with Gasteiger partial charge in [-0.05, 0) is 80.1 Å². The molecule has 2 aromatic carbocycles. The summed E-state index contributed by atoms with van der Waals surface area (Å²) in [6, 6.07) is 14.4. The predicted molar refractivity (Wildman–Crippen MR) is 156 cm³/mol. The second-order valence-corrected chi connectivity index (χ2v) is 12.0. The van der Waals surface area contributed by atoms with E-state index in [4.69, 9.17) is 9.72 Å². The van der Waals surface area contributed by atoms with Crippen molar-refractivity contribution < 1.29 is 9.53 Å². The van der Waals surface area contributed by atoms with Gasteiger partial charge < -0.3 is 18.9 Å². The highest BCUT2D eigenvalue weighted by molar-refractivity contribution is 9.09. The highest BCUT2D eigenvalue weighted by atomic mass is 79.9. The summed E-state index contributed by atoms with van der Waals surface area (Å²) in [5.41, 5.74) is 4.06. The summed E-state index contributed by atoms with van der Waals surface area (Å²) in [6.07, 6.45) is 2.22. The molecule has 0 aliphatic heterocycles. The second kappa shape index (κ2) is 13.0. The summed E-state index contributed by atoms with van der Waals surface area (Å²) >= 11 is 4.82. The van der Waals surface area contributed by atoms with Crippen molar-refractivity contribution in [3.8, 4) is 0 Å². The Morgan fingerprint density at radius 3 is 2.58 bits per heavy atom. The summed E-state index contributed by atoms with van der Waals surface area (Å²) in [6.45, 7) is 13.6. The third kappa shape index (κ3) is 7.73. The molecule has 196 valence electrons. The van der Waals surface area contributed by atoms with E-state index >= 15 is 0 Å². The van der Waals surface area contributed by atoms with Crippen molar-refractivity contribution in [3.05, 3.63) is 48.3 Å². The molecule has 1 atom stereocenters. The summed E-state index contributed by atoms with van der Waals surface area (Å²) in [7, 11) is 2.06. The van der Waals surface area contributed by atoms with Crippen LogP contribution >= 0.6 is 27.9 Å². The fourth-order valence-corrected chi connectivity index (χ4v) is 5.09. The molecule has 3 aromatic rings. The number of carbonyl (C=O) groups excluding carboxylic acids is 1. The van der Waals surface area contributed by atoms with Crippen molar-refractivity contribution in [3.63, 3.8) is 0 Å². The fraction of sp³-hybridized carbons (Fsp3) is 0.500. The number of ether oxygens (including phenoxy) is 1. The number of carbonyl (C=O) groups is 1. The van der Waals surface area contributed by atoms with Crippen LogP contribution in [0.25, 0.3) is 11.0 Å². The molecule has 0 saturated heterocycles. The average Bonchev–Trinajstić information content (AvgIpc) is 3.21. The summed E-state index contributed by atoms with van der Waals surface area (Å²) in [4.78, 5) is 17.8. The third-order valence-electron chi connectivity index (χ3n) is 5.95. The van der Waals surface area contributed by atoms with E-state index in [9.17, 15) is 4.79 Å². The van der Waals surface area contributed by atoms with E-state index in [-0.39, 0.29) is 16.7 Å². The zero-order valence-corrected chi connectivity index (χ0v) is 24.7. The fourth-order valence-electron chi connectivity index (χ4n) is 4.16. The molecule has 1 N–H and O–H groups in total. The number of anilines is 2. The second-order valence-electron chi connectivity index (χ2n) is 10.2. The number of alkyl halides is 1. The molecule has 3 rings (SSSR count). The number of rotatable bonds is 12. The largest absolute Gasteiger partial charge is 0.382 e. The molecule has 1 aromatic heterocycles. The van der Waals surface area contributed by atoms with E-state index in [1.165, 1.54) is 5.52 Å². The summed E-state index contributed by atoms with van der Waals surface area (Å²) in [5, 5.41) is 3.13. The lowest BCUT2D eigenvalue weighted by molar-refractivity contribution is -0.113. The van der Waals surface area contributed by atoms with Gasteiger partial charge in [0.1, 0.15) is 5.82 Å². The zero-order chi connectivity index (χ0) is 26.3. The van der Waals surface area contributed by atoms with Crippen LogP contribution in [-0.2, 0) is 21.5 Å². The molecular weight excluding hydrogens is 536 g/mol. The van der Waals surface area contributed by atoms with Gasteiger partial charge in [0.25, 0.3) is 0 Å². The van der Waals surface area contributed by atoms with Crippen LogP contribution in [0.15, 0.2) is 47.4 Å². The van der Waals surface area contributed by atoms with Gasteiger partial charge in [-0.3, -0.25) is 4.79 Å². The quantitative estimate of drug-likeness (QED) is 0.140. The Morgan fingerprint density at radius 1 is 1.22 bits per heavy atom. The first-order chi connectivity index (χ1) is 17.1. The topological polar surface area (TPSA) is 59.4 Å². The number of aromatic nitrogens is 2. The lowest BCUT2D eigenvalue weighted by Gasteiger charge is -2.22. The van der Waals surface area contributed by atoms with Gasteiger partial charge in [0.05, 0.1) is 16.4 Å². The lowest BCUT2D eigenvalue weighted by Crippen LogP contribution is -2.21. The van der Waals surface area contributed by atoms with Gasteiger partial charge in [-0.2, -0.15) is 0 Å². The molecule has 8 heteroatoms. The van der Waals surface area contributed by atoms with Crippen LogP contribution in [0.3, 0.4) is 0 Å². The van der Waals surface area contributed by atoms with Crippen LogP contribution in [-0.4, -0.2) is 41.0 Å². The number of hydrogen-bond donors (Lipinski definition) is 1. The first-order valence-corrected chi connectivity index (χ1v) is 14.5. The summed E-state index contributed by atoms with van der Waals surface area (Å²) in [5.74, 6) is 1.61. The molecule has 0 aliphatic carbocycles. The first kappa shape index (κ1) is 28.5. The number of hydrogen-bond acceptors (Lipinski definition) is 5. The third-order valence-corrected chi connectivity index (χ3v) is 7.43. The van der Waals surface area contributed by atoms with E-state index in [1.807, 2.05) is 31.2 Å². The number of benzene rings is 2. The molecular formula is C28H39BrN4O2S. The van der Waals surface area contributed by atoms with E-state index in [0.29, 0.717) is 5.92 Å². The standard InChI is InChI=1S/C28H39BrN4O2S/c1-7-35-16-8-9-20(2)19-33-25-15-12-22(17-24(25)31-27(33)28(3,4)5)32(6)36-23-13-10-21(11-14-23)30-26(34)18-29/h10-15,17,20H,7-9,16,18-19H2,1-6H3,(H,30,34). The zero-order valence-electron chi connectivity index (χ0n) is 22.3. The molecule has 0 spiro atoms. The van der Waals surface area contributed by atoms with Gasteiger partial charge in [-0.15, -0.1) is 0 Å². The van der Waals surface area contributed by atoms with Crippen LogP contribution in [0.4, 0.5) is 11.4 Å². The van der Waals surface area contributed by atoms with Crippen LogP contribution in [0.5, 0.6) is 0 Å². The number of amides is 1. The van der Waals surface area contributed by atoms with Gasteiger partial charge in [0.2, 0.25) is 5.91 Å². The van der Waals surface area contributed by atoms with Crippen LogP contribution < -0.4 is 9.62 Å². The van der Waals surface area contributed by atoms with Crippen molar-refractivity contribution in [1.82, 2.24) is 9.55 Å². The van der Waals surface area contributed by atoms with Crippen LogP contribution in [0, 0.1) is 5.92 Å². The minimum Gasteiger partial charge on any atom is -0.382 e. The number of fused-ring (bicyclic) bond motifs is 1. The van der Waals surface area contributed by atoms with E-state index in [2.05, 4.69) is 83.1 Å². The maximum Gasteiger partial charge on any atom is 0.235 e. The molecule has 0 fully saturated rings. The number of nitrogens with one attached hydrogen (secondary N) is 1. The molecule has 0 bridgehead atoms. The SMILES string of the molecule is CCOCCCC(C)Cn1c(C(C)(C)C)nc2cc(N(C)Sc3ccc(NC(=O)CBr)cc3)ccc21. The normalized spacial score (nSPS) is 12.6. The average molecular weight is 576 g/mol. The highest BCUT2D eigenvalue weighted by Gasteiger charge is 2.24. The Labute approximate surface area is 228 Å². The van der Waals surface area contributed by atoms with Crippen LogP contribution in [0.1, 0.15) is 53.3 Å². The first-order valence-electron chi connectivity index (χ1n) is 12.6. The van der Waals surface area contributed by atoms with Gasteiger partial charge in [0, 0.05) is 48.5 Å². The molecule has 36 heavy (non-hydrogen) atoms. The van der Waals surface area contributed by atoms with Crippen molar-refractivity contribution >= 4 is 56.2 Å². The Morgan fingerprint density at radius 2 is 1.94 bits per heavy atom. The highest BCUT2D eigenvalue weighted by Crippen LogP contribution is 2.33. The lowest BCUT2D eigenvalue weighted by atomic mass is 9.95. The van der Waals surface area contributed by atoms with Crippen molar-refractivity contribution in [1.29, 1.82) is 0 Å². The Bertz CT molecular complexity index is 1140. The molecule has 1 amide bonds.